The molecule has 0 heterocycles. The van der Waals surface area contributed by atoms with Crippen molar-refractivity contribution in [2.75, 3.05) is 13.1 Å². The van der Waals surface area contributed by atoms with Crippen LogP contribution in [0, 0.1) is 27.7 Å². The summed E-state index contributed by atoms with van der Waals surface area (Å²) in [7, 11) is 9.78. The SMILES string of the molecule is Cc1cccc(C)c1[N-]CCC[N-]c1c(C)cccc1C.[Cl][Ti][Cl]. The van der Waals surface area contributed by atoms with Crippen LogP contribution in [0.15, 0.2) is 36.4 Å². The third kappa shape index (κ3) is 7.07. The van der Waals surface area contributed by atoms with Crippen molar-refractivity contribution in [3.05, 3.63) is 69.3 Å². The summed E-state index contributed by atoms with van der Waals surface area (Å²) in [6, 6.07) is 12.6. The molecule has 0 saturated carbocycles. The van der Waals surface area contributed by atoms with Crippen molar-refractivity contribution in [1.82, 2.24) is 0 Å². The number of halogens is 2. The zero-order valence-electron chi connectivity index (χ0n) is 14.7. The van der Waals surface area contributed by atoms with Crippen LogP contribution in [0.2, 0.25) is 0 Å². The molecule has 0 aromatic heterocycles. The number of hydrogen-bond acceptors (Lipinski definition) is 0. The molecule has 24 heavy (non-hydrogen) atoms. The molecule has 0 amide bonds. The predicted molar refractivity (Wildman–Crippen MR) is 104 cm³/mol. The fourth-order valence-electron chi connectivity index (χ4n) is 2.56. The van der Waals surface area contributed by atoms with Crippen molar-refractivity contribution in [1.29, 1.82) is 0 Å². The molecule has 0 aliphatic heterocycles. The van der Waals surface area contributed by atoms with Gasteiger partial charge in [0.05, 0.1) is 0 Å². The summed E-state index contributed by atoms with van der Waals surface area (Å²) < 4.78 is 0. The Morgan fingerprint density at radius 3 is 1.29 bits per heavy atom. The monoisotopic (exact) mass is 398 g/mol. The van der Waals surface area contributed by atoms with E-state index in [9.17, 15) is 0 Å². The van der Waals surface area contributed by atoms with Gasteiger partial charge in [0.2, 0.25) is 0 Å². The summed E-state index contributed by atoms with van der Waals surface area (Å²) in [5.41, 5.74) is 7.29. The molecule has 2 aromatic carbocycles. The van der Waals surface area contributed by atoms with Gasteiger partial charge in [-0.05, 0) is 27.7 Å². The van der Waals surface area contributed by atoms with Gasteiger partial charge in [-0.3, -0.25) is 0 Å². The van der Waals surface area contributed by atoms with E-state index in [1.54, 1.807) is 0 Å². The van der Waals surface area contributed by atoms with E-state index in [0.29, 0.717) is 0 Å². The fraction of sp³-hybridized carbons (Fsp3) is 0.368. The second-order valence-electron chi connectivity index (χ2n) is 5.67. The summed E-state index contributed by atoms with van der Waals surface area (Å²) in [5, 5.41) is 9.44. The number of para-hydroxylation sites is 2. The molecule has 0 atom stereocenters. The van der Waals surface area contributed by atoms with Gasteiger partial charge in [-0.2, -0.15) is 0 Å². The van der Waals surface area contributed by atoms with Crippen molar-refractivity contribution in [2.45, 2.75) is 34.1 Å². The third-order valence-electron chi connectivity index (χ3n) is 3.74. The van der Waals surface area contributed by atoms with E-state index < -0.39 is 17.0 Å². The average molecular weight is 399 g/mol. The number of nitrogens with zero attached hydrogens (tertiary/aromatic N) is 2. The molecular formula is C19H24Cl2N2Ti-2. The van der Waals surface area contributed by atoms with E-state index in [1.165, 1.54) is 22.3 Å². The van der Waals surface area contributed by atoms with Crippen LogP contribution in [0.25, 0.3) is 10.6 Å². The molecule has 2 aromatic rings. The molecule has 0 aliphatic rings. The summed E-state index contributed by atoms with van der Waals surface area (Å²) in [6.07, 6.45) is 0.988. The van der Waals surface area contributed by atoms with Crippen LogP contribution in [-0.2, 0) is 17.0 Å². The first-order valence-electron chi connectivity index (χ1n) is 7.95. The quantitative estimate of drug-likeness (QED) is 0.358. The van der Waals surface area contributed by atoms with Crippen LogP contribution >= 0.6 is 18.6 Å². The molecule has 0 radical (unpaired) electrons. The van der Waals surface area contributed by atoms with E-state index in [0.717, 1.165) is 30.9 Å². The zero-order valence-corrected chi connectivity index (χ0v) is 17.8. The van der Waals surface area contributed by atoms with E-state index in [1.807, 2.05) is 0 Å². The Hall–Kier alpha value is -0.666. The van der Waals surface area contributed by atoms with Gasteiger partial charge in [0.1, 0.15) is 0 Å². The Morgan fingerprint density at radius 2 is 1.00 bits per heavy atom. The molecule has 0 unspecified atom stereocenters. The first-order chi connectivity index (χ1) is 11.5. The van der Waals surface area contributed by atoms with Gasteiger partial charge in [-0.15, -0.1) is 24.5 Å². The molecule has 0 bridgehead atoms. The summed E-state index contributed by atoms with van der Waals surface area (Å²) in [5.74, 6) is 0. The van der Waals surface area contributed by atoms with Gasteiger partial charge in [-0.25, -0.2) is 0 Å². The van der Waals surface area contributed by atoms with Crippen LogP contribution in [0.1, 0.15) is 28.7 Å². The molecule has 130 valence electrons. The van der Waals surface area contributed by atoms with Crippen molar-refractivity contribution in [3.63, 3.8) is 0 Å². The van der Waals surface area contributed by atoms with Gasteiger partial charge in [0, 0.05) is 0 Å². The minimum absolute atomic E-state index is 0.556. The Kier molecular flexibility index (Phi) is 10.5. The Bertz CT molecular complexity index is 539. The molecular weight excluding hydrogens is 375 g/mol. The average Bonchev–Trinajstić information content (AvgIpc) is 2.53. The summed E-state index contributed by atoms with van der Waals surface area (Å²) >= 11 is -0.556. The second-order valence-corrected chi connectivity index (χ2v) is 8.25. The molecule has 0 aliphatic carbocycles. The van der Waals surface area contributed by atoms with Crippen molar-refractivity contribution < 1.29 is 17.0 Å². The third-order valence-corrected chi connectivity index (χ3v) is 3.74. The predicted octanol–water partition coefficient (Wildman–Crippen LogP) is 7.40. The Labute approximate surface area is 163 Å². The molecule has 5 heteroatoms. The van der Waals surface area contributed by atoms with E-state index >= 15 is 0 Å². The van der Waals surface area contributed by atoms with Gasteiger partial charge >= 0.3 is 35.6 Å². The number of rotatable bonds is 6. The minimum atomic E-state index is -0.556. The van der Waals surface area contributed by atoms with Gasteiger partial charge in [-0.1, -0.05) is 65.1 Å². The molecule has 2 rings (SSSR count). The van der Waals surface area contributed by atoms with Gasteiger partial charge < -0.3 is 10.6 Å². The van der Waals surface area contributed by atoms with Crippen LogP contribution < -0.4 is 0 Å². The molecule has 0 saturated heterocycles. The molecule has 0 fully saturated rings. The van der Waals surface area contributed by atoms with Crippen molar-refractivity contribution >= 4 is 30.0 Å². The maximum atomic E-state index is 4.89. The first-order valence-corrected chi connectivity index (χ1v) is 12.2. The van der Waals surface area contributed by atoms with E-state index in [2.05, 4.69) is 64.1 Å². The van der Waals surface area contributed by atoms with Crippen molar-refractivity contribution in [3.8, 4) is 0 Å². The van der Waals surface area contributed by atoms with Gasteiger partial charge in [0.25, 0.3) is 0 Å². The second kappa shape index (κ2) is 11.8. The molecule has 0 spiro atoms. The van der Waals surface area contributed by atoms with E-state index in [-0.39, 0.29) is 0 Å². The number of hydrogen-bond donors (Lipinski definition) is 0. The topological polar surface area (TPSA) is 28.2 Å². The van der Waals surface area contributed by atoms with Crippen LogP contribution in [0.5, 0.6) is 0 Å². The maximum absolute atomic E-state index is 4.89. The zero-order chi connectivity index (χ0) is 17.9. The van der Waals surface area contributed by atoms with E-state index in [4.69, 9.17) is 29.2 Å². The number of benzene rings is 2. The van der Waals surface area contributed by atoms with Gasteiger partial charge in [0.15, 0.2) is 0 Å². The van der Waals surface area contributed by atoms with Crippen molar-refractivity contribution in [2.24, 2.45) is 0 Å². The Morgan fingerprint density at radius 1 is 0.708 bits per heavy atom. The van der Waals surface area contributed by atoms with Crippen LogP contribution in [0.3, 0.4) is 0 Å². The van der Waals surface area contributed by atoms with Crippen LogP contribution in [0.4, 0.5) is 11.4 Å². The molecule has 0 N–H and O–H groups in total. The summed E-state index contributed by atoms with van der Waals surface area (Å²) in [6.45, 7) is 10.1. The fourth-order valence-corrected chi connectivity index (χ4v) is 2.56. The standard InChI is InChI=1S/C19H24N2.2ClH.Ti/c1-14-8-5-9-15(2)18(14)20-12-7-13-21-19-16(3)10-6-11-17(19)4;;;/h5-6,8-11H,7,12-13H2,1-4H3;2*1H;/q-2;;;+2/p-2. The number of aryl methyl sites for hydroxylation is 4. The summed E-state index contributed by atoms with van der Waals surface area (Å²) in [4.78, 5) is 0. The first kappa shape index (κ1) is 21.4. The van der Waals surface area contributed by atoms with Crippen LogP contribution in [-0.4, -0.2) is 13.1 Å². The normalized spacial score (nSPS) is 9.75. The molecule has 2 nitrogen and oxygen atoms in total. The Balaban J connectivity index is 0.000000891.